The summed E-state index contributed by atoms with van der Waals surface area (Å²) in [5.41, 5.74) is 1.20. The molecule has 0 radical (unpaired) electrons. The largest absolute Gasteiger partial charge is 0.508 e. The number of nitrogens with zero attached hydrogens (tertiary/aromatic N) is 1. The van der Waals surface area contributed by atoms with Crippen molar-refractivity contribution in [2.75, 3.05) is 11.9 Å². The van der Waals surface area contributed by atoms with Crippen molar-refractivity contribution in [3.05, 3.63) is 54.2 Å². The number of phenols is 1. The van der Waals surface area contributed by atoms with E-state index in [0.717, 1.165) is 18.8 Å². The number of hydrogen-bond acceptors (Lipinski definition) is 3. The molecule has 0 fully saturated rings. The summed E-state index contributed by atoms with van der Waals surface area (Å²) in [4.78, 5) is 4.17. The minimum absolute atomic E-state index is 0.307. The van der Waals surface area contributed by atoms with Crippen LogP contribution in [0.2, 0.25) is 0 Å². The minimum atomic E-state index is 0.307. The van der Waals surface area contributed by atoms with E-state index < -0.39 is 0 Å². The molecule has 1 aromatic heterocycles. The number of benzene rings is 1. The molecule has 0 unspecified atom stereocenters. The molecule has 0 aliphatic carbocycles. The van der Waals surface area contributed by atoms with Gasteiger partial charge in [0.05, 0.1) is 0 Å². The van der Waals surface area contributed by atoms with Gasteiger partial charge in [-0.15, -0.1) is 0 Å². The summed E-state index contributed by atoms with van der Waals surface area (Å²) in [6.45, 7) is 0.835. The van der Waals surface area contributed by atoms with Crippen molar-refractivity contribution >= 4 is 5.82 Å². The van der Waals surface area contributed by atoms with E-state index in [1.165, 1.54) is 5.56 Å². The van der Waals surface area contributed by atoms with Gasteiger partial charge >= 0.3 is 0 Å². The van der Waals surface area contributed by atoms with E-state index in [1.54, 1.807) is 18.3 Å². The number of nitrogens with one attached hydrogen (secondary N) is 1. The third kappa shape index (κ3) is 2.98. The topological polar surface area (TPSA) is 45.1 Å². The van der Waals surface area contributed by atoms with E-state index in [9.17, 15) is 0 Å². The lowest BCUT2D eigenvalue weighted by Crippen LogP contribution is -2.05. The highest BCUT2D eigenvalue weighted by Crippen LogP contribution is 2.10. The Morgan fingerprint density at radius 2 is 1.88 bits per heavy atom. The Morgan fingerprint density at radius 1 is 1.06 bits per heavy atom. The summed E-state index contributed by atoms with van der Waals surface area (Å²) in [5, 5.41) is 12.4. The fraction of sp³-hybridized carbons (Fsp3) is 0.154. The van der Waals surface area contributed by atoms with Gasteiger partial charge in [0, 0.05) is 12.7 Å². The summed E-state index contributed by atoms with van der Waals surface area (Å²) in [6.07, 6.45) is 2.68. The molecule has 3 heteroatoms. The van der Waals surface area contributed by atoms with Crippen LogP contribution in [0, 0.1) is 0 Å². The average Bonchev–Trinajstić information content (AvgIpc) is 2.33. The van der Waals surface area contributed by atoms with Gasteiger partial charge in [-0.1, -0.05) is 18.2 Å². The number of anilines is 1. The number of rotatable bonds is 4. The highest BCUT2D eigenvalue weighted by atomic mass is 16.3. The Kier molecular flexibility index (Phi) is 3.38. The van der Waals surface area contributed by atoms with Gasteiger partial charge in [0.2, 0.25) is 0 Å². The molecule has 1 heterocycles. The Hall–Kier alpha value is -2.03. The van der Waals surface area contributed by atoms with Crippen molar-refractivity contribution < 1.29 is 5.11 Å². The Balaban J connectivity index is 1.82. The van der Waals surface area contributed by atoms with E-state index in [1.807, 2.05) is 30.3 Å². The first-order valence-electron chi connectivity index (χ1n) is 5.27. The number of pyridine rings is 1. The van der Waals surface area contributed by atoms with Crippen molar-refractivity contribution in [1.82, 2.24) is 4.98 Å². The number of phenolic OH excluding ortho intramolecular Hbond substituents is 1. The summed E-state index contributed by atoms with van der Waals surface area (Å²) in [5.74, 6) is 1.20. The molecule has 0 atom stereocenters. The van der Waals surface area contributed by atoms with Crippen molar-refractivity contribution in [2.45, 2.75) is 6.42 Å². The van der Waals surface area contributed by atoms with Crippen LogP contribution in [0.15, 0.2) is 48.7 Å². The number of hydrogen-bond donors (Lipinski definition) is 2. The van der Waals surface area contributed by atoms with Gasteiger partial charge in [0.25, 0.3) is 0 Å². The first kappa shape index (κ1) is 10.5. The SMILES string of the molecule is Oc1ccc(CCNc2ccccn2)cc1. The molecule has 0 spiro atoms. The molecular formula is C13H14N2O. The zero-order valence-corrected chi connectivity index (χ0v) is 8.93. The summed E-state index contributed by atoms with van der Waals surface area (Å²) < 4.78 is 0. The van der Waals surface area contributed by atoms with Crippen LogP contribution in [0.1, 0.15) is 5.56 Å². The number of aromatic hydroxyl groups is 1. The Bertz CT molecular complexity index is 425. The highest BCUT2D eigenvalue weighted by Gasteiger charge is 1.94. The summed E-state index contributed by atoms with van der Waals surface area (Å²) in [6, 6.07) is 13.1. The van der Waals surface area contributed by atoms with Crippen LogP contribution in [-0.4, -0.2) is 16.6 Å². The smallest absolute Gasteiger partial charge is 0.125 e. The fourth-order valence-electron chi connectivity index (χ4n) is 1.46. The van der Waals surface area contributed by atoms with Gasteiger partial charge in [0.15, 0.2) is 0 Å². The maximum absolute atomic E-state index is 9.13. The molecule has 2 aromatic rings. The van der Waals surface area contributed by atoms with Gasteiger partial charge in [0.1, 0.15) is 11.6 Å². The second-order valence-corrected chi connectivity index (χ2v) is 3.56. The Labute approximate surface area is 94.8 Å². The van der Waals surface area contributed by atoms with Gasteiger partial charge in [-0.2, -0.15) is 0 Å². The van der Waals surface area contributed by atoms with E-state index in [2.05, 4.69) is 10.3 Å². The molecule has 0 aliphatic rings. The van der Waals surface area contributed by atoms with Crippen molar-refractivity contribution in [3.63, 3.8) is 0 Å². The quantitative estimate of drug-likeness (QED) is 0.821. The van der Waals surface area contributed by atoms with E-state index >= 15 is 0 Å². The van der Waals surface area contributed by atoms with Crippen LogP contribution in [0.4, 0.5) is 5.82 Å². The van der Waals surface area contributed by atoms with Crippen molar-refractivity contribution in [2.24, 2.45) is 0 Å². The third-order valence-electron chi connectivity index (χ3n) is 2.32. The van der Waals surface area contributed by atoms with Crippen molar-refractivity contribution in [3.8, 4) is 5.75 Å². The Morgan fingerprint density at radius 3 is 2.56 bits per heavy atom. The molecule has 1 aromatic carbocycles. The molecular weight excluding hydrogens is 200 g/mol. The lowest BCUT2D eigenvalue weighted by Gasteiger charge is -2.05. The van der Waals surface area contributed by atoms with Crippen LogP contribution in [0.5, 0.6) is 5.75 Å². The van der Waals surface area contributed by atoms with Gasteiger partial charge in [-0.05, 0) is 36.2 Å². The zero-order valence-electron chi connectivity index (χ0n) is 8.93. The molecule has 3 nitrogen and oxygen atoms in total. The molecule has 2 rings (SSSR count). The average molecular weight is 214 g/mol. The van der Waals surface area contributed by atoms with Gasteiger partial charge < -0.3 is 10.4 Å². The van der Waals surface area contributed by atoms with Crippen LogP contribution in [0.3, 0.4) is 0 Å². The van der Waals surface area contributed by atoms with Crippen molar-refractivity contribution in [1.29, 1.82) is 0 Å². The molecule has 0 aliphatic heterocycles. The molecule has 82 valence electrons. The third-order valence-corrected chi connectivity index (χ3v) is 2.32. The summed E-state index contributed by atoms with van der Waals surface area (Å²) >= 11 is 0. The predicted molar refractivity (Wildman–Crippen MR) is 64.5 cm³/mol. The first-order chi connectivity index (χ1) is 7.84. The van der Waals surface area contributed by atoms with Crippen LogP contribution < -0.4 is 5.32 Å². The maximum atomic E-state index is 9.13. The monoisotopic (exact) mass is 214 g/mol. The maximum Gasteiger partial charge on any atom is 0.125 e. The first-order valence-corrected chi connectivity index (χ1v) is 5.27. The van der Waals surface area contributed by atoms with E-state index in [4.69, 9.17) is 5.11 Å². The minimum Gasteiger partial charge on any atom is -0.508 e. The molecule has 0 saturated carbocycles. The molecule has 0 saturated heterocycles. The lowest BCUT2D eigenvalue weighted by molar-refractivity contribution is 0.475. The summed E-state index contributed by atoms with van der Waals surface area (Å²) in [7, 11) is 0. The lowest BCUT2D eigenvalue weighted by atomic mass is 10.1. The highest BCUT2D eigenvalue weighted by molar-refractivity contribution is 5.33. The second kappa shape index (κ2) is 5.16. The second-order valence-electron chi connectivity index (χ2n) is 3.56. The molecule has 0 bridgehead atoms. The van der Waals surface area contributed by atoms with E-state index in [0.29, 0.717) is 5.75 Å². The fourth-order valence-corrected chi connectivity index (χ4v) is 1.46. The normalized spacial score (nSPS) is 10.0. The van der Waals surface area contributed by atoms with E-state index in [-0.39, 0.29) is 0 Å². The van der Waals surface area contributed by atoms with Crippen LogP contribution in [-0.2, 0) is 6.42 Å². The number of aromatic nitrogens is 1. The molecule has 2 N–H and O–H groups in total. The predicted octanol–water partition coefficient (Wildman–Crippen LogP) is 2.44. The molecule has 0 amide bonds. The van der Waals surface area contributed by atoms with Gasteiger partial charge in [-0.25, -0.2) is 4.98 Å². The van der Waals surface area contributed by atoms with Gasteiger partial charge in [-0.3, -0.25) is 0 Å². The standard InChI is InChI=1S/C13H14N2O/c16-12-6-4-11(5-7-12)8-10-15-13-3-1-2-9-14-13/h1-7,9,16H,8,10H2,(H,14,15). The zero-order chi connectivity index (χ0) is 11.2. The van der Waals surface area contributed by atoms with Crippen LogP contribution in [0.25, 0.3) is 0 Å². The van der Waals surface area contributed by atoms with Crippen LogP contribution >= 0.6 is 0 Å². The molecule has 16 heavy (non-hydrogen) atoms.